The number of halogens is 2. The minimum absolute atomic E-state index is 0. The van der Waals surface area contributed by atoms with E-state index in [2.05, 4.69) is 21.9 Å². The van der Waals surface area contributed by atoms with Crippen molar-refractivity contribution in [3.8, 4) is 0 Å². The Morgan fingerprint density at radius 1 is 1.24 bits per heavy atom. The fourth-order valence-electron chi connectivity index (χ4n) is 1.82. The number of aliphatic imine (C=N–C) groups is 1. The SMILES string of the molecule is CN=C(NCCCCSC)NCCc1cccc(F)c1.I. The quantitative estimate of drug-likeness (QED) is 0.291. The summed E-state index contributed by atoms with van der Waals surface area (Å²) in [4.78, 5) is 4.17. The molecule has 0 spiro atoms. The van der Waals surface area contributed by atoms with Crippen molar-refractivity contribution < 1.29 is 4.39 Å². The van der Waals surface area contributed by atoms with Gasteiger partial charge in [-0.1, -0.05) is 12.1 Å². The van der Waals surface area contributed by atoms with Gasteiger partial charge in [0.05, 0.1) is 0 Å². The molecule has 1 aromatic rings. The van der Waals surface area contributed by atoms with E-state index in [1.807, 2.05) is 17.8 Å². The van der Waals surface area contributed by atoms with Crippen molar-refractivity contribution in [1.29, 1.82) is 0 Å². The number of guanidine groups is 1. The topological polar surface area (TPSA) is 36.4 Å². The molecule has 0 aliphatic carbocycles. The predicted molar refractivity (Wildman–Crippen MR) is 102 cm³/mol. The summed E-state index contributed by atoms with van der Waals surface area (Å²) < 4.78 is 13.0. The molecule has 0 amide bonds. The maximum absolute atomic E-state index is 13.0. The molecule has 1 rings (SSSR count). The largest absolute Gasteiger partial charge is 0.356 e. The van der Waals surface area contributed by atoms with E-state index in [0.29, 0.717) is 0 Å². The van der Waals surface area contributed by atoms with Gasteiger partial charge in [-0.3, -0.25) is 4.99 Å². The fourth-order valence-corrected chi connectivity index (χ4v) is 2.31. The third-order valence-electron chi connectivity index (χ3n) is 2.89. The van der Waals surface area contributed by atoms with Crippen LogP contribution in [0, 0.1) is 5.82 Å². The average Bonchev–Trinajstić information content (AvgIpc) is 2.45. The third-order valence-corrected chi connectivity index (χ3v) is 3.58. The van der Waals surface area contributed by atoms with E-state index in [4.69, 9.17) is 0 Å². The first kappa shape index (κ1) is 20.5. The molecule has 120 valence electrons. The van der Waals surface area contributed by atoms with Crippen LogP contribution in [0.4, 0.5) is 4.39 Å². The smallest absolute Gasteiger partial charge is 0.190 e. The van der Waals surface area contributed by atoms with Crippen molar-refractivity contribution in [3.63, 3.8) is 0 Å². The maximum atomic E-state index is 13.0. The number of benzene rings is 1. The predicted octanol–water partition coefficient (Wildman–Crippen LogP) is 3.29. The van der Waals surface area contributed by atoms with Gasteiger partial charge in [0.1, 0.15) is 5.82 Å². The van der Waals surface area contributed by atoms with Crippen LogP contribution in [0.25, 0.3) is 0 Å². The van der Waals surface area contributed by atoms with Gasteiger partial charge in [-0.05, 0) is 49.0 Å². The summed E-state index contributed by atoms with van der Waals surface area (Å²) in [5.41, 5.74) is 0.993. The summed E-state index contributed by atoms with van der Waals surface area (Å²) in [6.45, 7) is 1.67. The lowest BCUT2D eigenvalue weighted by Crippen LogP contribution is -2.38. The van der Waals surface area contributed by atoms with Crippen LogP contribution in [0.15, 0.2) is 29.3 Å². The lowest BCUT2D eigenvalue weighted by Gasteiger charge is -2.11. The van der Waals surface area contributed by atoms with Gasteiger partial charge in [0.15, 0.2) is 5.96 Å². The Morgan fingerprint density at radius 2 is 2.00 bits per heavy atom. The number of nitrogens with zero attached hydrogens (tertiary/aromatic N) is 1. The highest BCUT2D eigenvalue weighted by Gasteiger charge is 1.98. The molecule has 0 unspecified atom stereocenters. The van der Waals surface area contributed by atoms with E-state index in [1.54, 1.807) is 19.2 Å². The first-order valence-electron chi connectivity index (χ1n) is 6.94. The second-order valence-electron chi connectivity index (χ2n) is 4.51. The first-order chi connectivity index (χ1) is 9.76. The van der Waals surface area contributed by atoms with E-state index in [0.717, 1.165) is 37.5 Å². The van der Waals surface area contributed by atoms with Gasteiger partial charge < -0.3 is 10.6 Å². The van der Waals surface area contributed by atoms with E-state index in [1.165, 1.54) is 18.2 Å². The summed E-state index contributed by atoms with van der Waals surface area (Å²) >= 11 is 1.87. The normalized spacial score (nSPS) is 10.9. The fraction of sp³-hybridized carbons (Fsp3) is 0.533. The van der Waals surface area contributed by atoms with Crippen LogP contribution < -0.4 is 10.6 Å². The molecule has 0 radical (unpaired) electrons. The first-order valence-corrected chi connectivity index (χ1v) is 8.33. The van der Waals surface area contributed by atoms with Crippen LogP contribution in [-0.2, 0) is 6.42 Å². The molecule has 0 aliphatic heterocycles. The molecular weight excluding hydrogens is 400 g/mol. The molecule has 0 saturated carbocycles. The molecule has 3 nitrogen and oxygen atoms in total. The zero-order valence-corrected chi connectivity index (χ0v) is 15.8. The Labute approximate surface area is 148 Å². The highest BCUT2D eigenvalue weighted by atomic mass is 127. The Morgan fingerprint density at radius 3 is 2.67 bits per heavy atom. The van der Waals surface area contributed by atoms with Gasteiger partial charge in [0, 0.05) is 20.1 Å². The van der Waals surface area contributed by atoms with Crippen molar-refractivity contribution in [1.82, 2.24) is 10.6 Å². The molecular formula is C15H25FIN3S. The molecule has 0 aromatic heterocycles. The van der Waals surface area contributed by atoms with Gasteiger partial charge in [0.25, 0.3) is 0 Å². The Bertz CT molecular complexity index is 416. The average molecular weight is 425 g/mol. The highest BCUT2D eigenvalue weighted by Crippen LogP contribution is 2.03. The molecule has 0 bridgehead atoms. The van der Waals surface area contributed by atoms with Crippen molar-refractivity contribution in [2.24, 2.45) is 4.99 Å². The molecule has 1 aromatic carbocycles. The molecule has 0 heterocycles. The highest BCUT2D eigenvalue weighted by molar-refractivity contribution is 14.0. The van der Waals surface area contributed by atoms with E-state index < -0.39 is 0 Å². The Kier molecular flexibility index (Phi) is 12.9. The number of nitrogens with one attached hydrogen (secondary N) is 2. The number of hydrogen-bond acceptors (Lipinski definition) is 2. The Hall–Kier alpha value is -0.500. The van der Waals surface area contributed by atoms with Gasteiger partial charge in [-0.25, -0.2) is 4.39 Å². The van der Waals surface area contributed by atoms with E-state index in [9.17, 15) is 4.39 Å². The number of rotatable bonds is 8. The second-order valence-corrected chi connectivity index (χ2v) is 5.49. The van der Waals surface area contributed by atoms with Crippen LogP contribution in [-0.4, -0.2) is 38.1 Å². The van der Waals surface area contributed by atoms with Crippen LogP contribution in [0.3, 0.4) is 0 Å². The summed E-state index contributed by atoms with van der Waals surface area (Å²) in [5, 5.41) is 6.52. The second kappa shape index (κ2) is 13.2. The van der Waals surface area contributed by atoms with Gasteiger partial charge in [-0.15, -0.1) is 24.0 Å². The Balaban J connectivity index is 0.00000400. The molecule has 0 saturated heterocycles. The van der Waals surface area contributed by atoms with Crippen molar-refractivity contribution in [2.45, 2.75) is 19.3 Å². The molecule has 0 fully saturated rings. The lowest BCUT2D eigenvalue weighted by atomic mass is 10.1. The standard InChI is InChI=1S/C15H24FN3S.HI/c1-17-15(18-9-3-4-11-20-2)19-10-8-13-6-5-7-14(16)12-13;/h5-7,12H,3-4,8-11H2,1-2H3,(H2,17,18,19);1H. The maximum Gasteiger partial charge on any atom is 0.190 e. The molecule has 0 aliphatic rings. The van der Waals surface area contributed by atoms with Crippen LogP contribution >= 0.6 is 35.7 Å². The monoisotopic (exact) mass is 425 g/mol. The van der Waals surface area contributed by atoms with E-state index >= 15 is 0 Å². The minimum atomic E-state index is -0.182. The van der Waals surface area contributed by atoms with Crippen LogP contribution in [0.5, 0.6) is 0 Å². The molecule has 0 atom stereocenters. The zero-order chi connectivity index (χ0) is 14.6. The minimum Gasteiger partial charge on any atom is -0.356 e. The number of hydrogen-bond donors (Lipinski definition) is 2. The van der Waals surface area contributed by atoms with E-state index in [-0.39, 0.29) is 29.8 Å². The van der Waals surface area contributed by atoms with Gasteiger partial charge in [0.2, 0.25) is 0 Å². The van der Waals surface area contributed by atoms with Crippen LogP contribution in [0.1, 0.15) is 18.4 Å². The third kappa shape index (κ3) is 9.95. The summed E-state index contributed by atoms with van der Waals surface area (Å²) in [6.07, 6.45) is 5.27. The number of unbranched alkanes of at least 4 members (excludes halogenated alkanes) is 1. The zero-order valence-electron chi connectivity index (χ0n) is 12.7. The molecule has 2 N–H and O–H groups in total. The van der Waals surface area contributed by atoms with Gasteiger partial charge >= 0.3 is 0 Å². The summed E-state index contributed by atoms with van der Waals surface area (Å²) in [7, 11) is 1.76. The van der Waals surface area contributed by atoms with Crippen molar-refractivity contribution in [3.05, 3.63) is 35.6 Å². The summed E-state index contributed by atoms with van der Waals surface area (Å²) in [5.74, 6) is 1.83. The van der Waals surface area contributed by atoms with Crippen molar-refractivity contribution >= 4 is 41.7 Å². The van der Waals surface area contributed by atoms with Gasteiger partial charge in [-0.2, -0.15) is 11.8 Å². The molecule has 6 heteroatoms. The summed E-state index contributed by atoms with van der Waals surface area (Å²) in [6, 6.07) is 6.71. The van der Waals surface area contributed by atoms with Crippen molar-refractivity contribution in [2.75, 3.05) is 32.1 Å². The van der Waals surface area contributed by atoms with Crippen LogP contribution in [0.2, 0.25) is 0 Å². The molecule has 21 heavy (non-hydrogen) atoms. The number of thioether (sulfide) groups is 1. The lowest BCUT2D eigenvalue weighted by molar-refractivity contribution is 0.625.